The third kappa shape index (κ3) is 6.80. The van der Waals surface area contributed by atoms with Crippen LogP contribution in [0.25, 0.3) is 10.2 Å². The number of amides is 1. The number of rotatable bonds is 10. The molecule has 0 aliphatic carbocycles. The topological polar surface area (TPSA) is 73.2 Å². The lowest BCUT2D eigenvalue weighted by Gasteiger charge is -2.29. The van der Waals surface area contributed by atoms with Crippen LogP contribution in [0, 0.1) is 0 Å². The molecule has 1 N–H and O–H groups in total. The molecule has 4 aromatic rings. The van der Waals surface area contributed by atoms with Gasteiger partial charge in [0.1, 0.15) is 4.83 Å². The van der Waals surface area contributed by atoms with Gasteiger partial charge in [0.25, 0.3) is 5.56 Å². The predicted molar refractivity (Wildman–Crippen MR) is 160 cm³/mol. The molecule has 0 spiro atoms. The van der Waals surface area contributed by atoms with Gasteiger partial charge < -0.3 is 10.1 Å². The second kappa shape index (κ2) is 12.1. The Bertz CT molecular complexity index is 1500. The molecule has 1 aliphatic rings. The van der Waals surface area contributed by atoms with Crippen molar-refractivity contribution in [3.63, 3.8) is 0 Å². The standard InChI is InChI=1S/C31H35N3O3S2/c1-21(14-15-22-10-6-4-7-11-22)32-26(35)20-38-30-33-28-27(24-18-31(2,3)37-19-25(24)39-28)29(36)34(30)17-16-23-12-8-5-9-13-23/h4-13,21H,14-20H2,1-3H3,(H,32,35). The van der Waals surface area contributed by atoms with E-state index in [1.807, 2.05) is 43.3 Å². The fourth-order valence-corrected chi connectivity index (χ4v) is 6.93. The summed E-state index contributed by atoms with van der Waals surface area (Å²) in [5, 5.41) is 4.41. The quantitative estimate of drug-likeness (QED) is 0.196. The van der Waals surface area contributed by atoms with Gasteiger partial charge in [-0.3, -0.25) is 14.2 Å². The van der Waals surface area contributed by atoms with Gasteiger partial charge in [-0.1, -0.05) is 72.4 Å². The van der Waals surface area contributed by atoms with Crippen LogP contribution in [0.1, 0.15) is 48.8 Å². The summed E-state index contributed by atoms with van der Waals surface area (Å²) in [6.07, 6.45) is 3.18. The molecule has 0 saturated heterocycles. The fourth-order valence-electron chi connectivity index (χ4n) is 4.95. The van der Waals surface area contributed by atoms with Gasteiger partial charge in [0.15, 0.2) is 5.16 Å². The summed E-state index contributed by atoms with van der Waals surface area (Å²) in [6, 6.07) is 20.5. The highest BCUT2D eigenvalue weighted by atomic mass is 32.2. The Balaban J connectivity index is 1.34. The van der Waals surface area contributed by atoms with Crippen molar-refractivity contribution in [1.82, 2.24) is 14.9 Å². The SMILES string of the molecule is CC(CCc1ccccc1)NC(=O)CSc1nc2sc3c(c2c(=O)n1CCc1ccccc1)CC(C)(C)OC3. The van der Waals surface area contributed by atoms with Crippen LogP contribution in [-0.2, 0) is 41.9 Å². The third-order valence-corrected chi connectivity index (χ3v) is 9.15. The molecule has 1 amide bonds. The minimum Gasteiger partial charge on any atom is -0.370 e. The van der Waals surface area contributed by atoms with E-state index in [4.69, 9.17) is 9.72 Å². The zero-order valence-electron chi connectivity index (χ0n) is 22.7. The normalized spacial score (nSPS) is 15.2. The molecular weight excluding hydrogens is 526 g/mol. The van der Waals surface area contributed by atoms with Crippen LogP contribution >= 0.6 is 23.1 Å². The van der Waals surface area contributed by atoms with Crippen molar-refractivity contribution < 1.29 is 9.53 Å². The lowest BCUT2D eigenvalue weighted by Crippen LogP contribution is -2.34. The van der Waals surface area contributed by atoms with E-state index in [1.165, 1.54) is 28.7 Å². The van der Waals surface area contributed by atoms with Gasteiger partial charge in [-0.15, -0.1) is 11.3 Å². The number of thiophene rings is 1. The number of carbonyl (C=O) groups is 1. The monoisotopic (exact) mass is 561 g/mol. The molecule has 0 radical (unpaired) electrons. The molecule has 2 aromatic heterocycles. The Labute approximate surface area is 237 Å². The number of ether oxygens (including phenoxy) is 1. The second-order valence-corrected chi connectivity index (χ2v) is 12.8. The van der Waals surface area contributed by atoms with E-state index >= 15 is 0 Å². The zero-order chi connectivity index (χ0) is 27.4. The van der Waals surface area contributed by atoms with E-state index in [1.54, 1.807) is 4.57 Å². The summed E-state index contributed by atoms with van der Waals surface area (Å²) >= 11 is 2.87. The van der Waals surface area contributed by atoms with Crippen molar-refractivity contribution >= 4 is 39.2 Å². The van der Waals surface area contributed by atoms with Crippen LogP contribution in [0.4, 0.5) is 0 Å². The van der Waals surface area contributed by atoms with Crippen LogP contribution in [-0.4, -0.2) is 32.9 Å². The molecule has 204 valence electrons. The number of fused-ring (bicyclic) bond motifs is 3. The largest absolute Gasteiger partial charge is 0.370 e. The number of thioether (sulfide) groups is 1. The maximum atomic E-state index is 13.9. The Hall–Kier alpha value is -2.94. The predicted octanol–water partition coefficient (Wildman–Crippen LogP) is 5.78. The minimum absolute atomic E-state index is 0.0229. The van der Waals surface area contributed by atoms with Crippen LogP contribution in [0.3, 0.4) is 0 Å². The number of hydrogen-bond donors (Lipinski definition) is 1. The van der Waals surface area contributed by atoms with Crippen LogP contribution in [0.2, 0.25) is 0 Å². The molecule has 5 rings (SSSR count). The average Bonchev–Trinajstić information content (AvgIpc) is 3.28. The first-order valence-corrected chi connectivity index (χ1v) is 15.3. The number of hydrogen-bond acceptors (Lipinski definition) is 6. The lowest BCUT2D eigenvalue weighted by atomic mass is 9.94. The van der Waals surface area contributed by atoms with E-state index in [0.717, 1.165) is 33.7 Å². The summed E-state index contributed by atoms with van der Waals surface area (Å²) in [4.78, 5) is 33.5. The van der Waals surface area contributed by atoms with Gasteiger partial charge in [-0.25, -0.2) is 4.98 Å². The molecule has 1 unspecified atom stereocenters. The summed E-state index contributed by atoms with van der Waals surface area (Å²) in [5.74, 6) is 0.158. The van der Waals surface area contributed by atoms with E-state index < -0.39 is 0 Å². The van der Waals surface area contributed by atoms with Crippen molar-refractivity contribution in [1.29, 1.82) is 0 Å². The highest BCUT2D eigenvalue weighted by Crippen LogP contribution is 2.37. The third-order valence-electron chi connectivity index (χ3n) is 7.07. The van der Waals surface area contributed by atoms with E-state index in [9.17, 15) is 9.59 Å². The van der Waals surface area contributed by atoms with E-state index in [-0.39, 0.29) is 28.9 Å². The molecule has 0 saturated carbocycles. The highest BCUT2D eigenvalue weighted by Gasteiger charge is 2.31. The maximum Gasteiger partial charge on any atom is 0.263 e. The zero-order valence-corrected chi connectivity index (χ0v) is 24.4. The number of benzene rings is 2. The molecule has 0 fully saturated rings. The van der Waals surface area contributed by atoms with Crippen molar-refractivity contribution in [2.24, 2.45) is 0 Å². The van der Waals surface area contributed by atoms with Crippen molar-refractivity contribution in [3.8, 4) is 0 Å². The van der Waals surface area contributed by atoms with Gasteiger partial charge in [-0.05, 0) is 56.7 Å². The van der Waals surface area contributed by atoms with E-state index in [2.05, 4.69) is 43.4 Å². The second-order valence-electron chi connectivity index (χ2n) is 10.8. The Morgan fingerprint density at radius 1 is 1.10 bits per heavy atom. The average molecular weight is 562 g/mol. The van der Waals surface area contributed by atoms with Gasteiger partial charge in [0.2, 0.25) is 5.91 Å². The highest BCUT2D eigenvalue weighted by molar-refractivity contribution is 7.99. The lowest BCUT2D eigenvalue weighted by molar-refractivity contribution is -0.119. The Kier molecular flexibility index (Phi) is 8.54. The van der Waals surface area contributed by atoms with Crippen molar-refractivity contribution in [2.75, 3.05) is 5.75 Å². The first kappa shape index (κ1) is 27.6. The summed E-state index contributed by atoms with van der Waals surface area (Å²) < 4.78 is 7.77. The minimum atomic E-state index is -0.314. The van der Waals surface area contributed by atoms with Gasteiger partial charge in [-0.2, -0.15) is 0 Å². The summed E-state index contributed by atoms with van der Waals surface area (Å²) in [6.45, 7) is 7.16. The molecule has 0 bridgehead atoms. The number of aromatic nitrogens is 2. The summed E-state index contributed by atoms with van der Waals surface area (Å²) in [5.41, 5.74) is 3.15. The van der Waals surface area contributed by atoms with Gasteiger partial charge in [0, 0.05) is 23.9 Å². The first-order chi connectivity index (χ1) is 18.8. The molecule has 3 heterocycles. The number of aryl methyl sites for hydroxylation is 2. The van der Waals surface area contributed by atoms with Gasteiger partial charge in [0.05, 0.1) is 23.3 Å². The molecule has 1 aliphatic heterocycles. The maximum absolute atomic E-state index is 13.9. The van der Waals surface area contributed by atoms with Crippen molar-refractivity contribution in [3.05, 3.63) is 92.6 Å². The Morgan fingerprint density at radius 3 is 2.46 bits per heavy atom. The molecule has 39 heavy (non-hydrogen) atoms. The number of nitrogens with zero attached hydrogens (tertiary/aromatic N) is 2. The smallest absolute Gasteiger partial charge is 0.263 e. The molecule has 2 aromatic carbocycles. The molecular formula is C31H35N3O3S2. The summed E-state index contributed by atoms with van der Waals surface area (Å²) in [7, 11) is 0. The number of carbonyl (C=O) groups excluding carboxylic acids is 1. The van der Waals surface area contributed by atoms with Gasteiger partial charge >= 0.3 is 0 Å². The molecule has 1 atom stereocenters. The van der Waals surface area contributed by atoms with Crippen LogP contribution < -0.4 is 10.9 Å². The Morgan fingerprint density at radius 2 is 1.77 bits per heavy atom. The molecule has 6 nitrogen and oxygen atoms in total. The van der Waals surface area contributed by atoms with Crippen molar-refractivity contribution in [2.45, 2.75) is 76.4 Å². The first-order valence-electron chi connectivity index (χ1n) is 13.5. The van der Waals surface area contributed by atoms with Crippen LogP contribution in [0.5, 0.6) is 0 Å². The van der Waals surface area contributed by atoms with E-state index in [0.29, 0.717) is 36.5 Å². The number of nitrogens with one attached hydrogen (secondary N) is 1. The molecule has 8 heteroatoms. The van der Waals surface area contributed by atoms with Crippen LogP contribution in [0.15, 0.2) is 70.6 Å². The fraction of sp³-hybridized carbons (Fsp3) is 0.387.